The molecule has 0 aliphatic heterocycles. The van der Waals surface area contributed by atoms with E-state index >= 15 is 0 Å². The molecule has 0 atom stereocenters. The third kappa shape index (κ3) is 3.24. The number of thiophene rings is 1. The number of carbonyl (C=O) groups excluding carboxylic acids is 1. The van der Waals surface area contributed by atoms with Crippen molar-refractivity contribution in [3.05, 3.63) is 64.5 Å². The van der Waals surface area contributed by atoms with Gasteiger partial charge in [-0.15, -0.1) is 11.3 Å². The minimum absolute atomic E-state index is 0.322. The van der Waals surface area contributed by atoms with E-state index in [1.807, 2.05) is 47.8 Å². The average Bonchev–Trinajstić information content (AvgIpc) is 3.20. The highest BCUT2D eigenvalue weighted by Crippen LogP contribution is 2.16. The summed E-state index contributed by atoms with van der Waals surface area (Å²) in [4.78, 5) is 12.9. The lowest BCUT2D eigenvalue weighted by Gasteiger charge is -1.94. The van der Waals surface area contributed by atoms with Gasteiger partial charge in [0, 0.05) is 10.4 Å². The molecule has 0 unspecified atom stereocenters. The zero-order valence-corrected chi connectivity index (χ0v) is 11.8. The van der Waals surface area contributed by atoms with Gasteiger partial charge in [0.2, 0.25) is 0 Å². The molecule has 0 saturated carbocycles. The molecular weight excluding hydrogens is 284 g/mol. The number of benzene rings is 1. The van der Waals surface area contributed by atoms with Crippen LogP contribution in [0.15, 0.2) is 59.0 Å². The first kappa shape index (κ1) is 13.3. The summed E-state index contributed by atoms with van der Waals surface area (Å²) in [6.07, 6.45) is 1.61. The first-order valence-electron chi connectivity index (χ1n) is 6.31. The molecule has 2 heterocycles. The highest BCUT2D eigenvalue weighted by molar-refractivity contribution is 7.11. The Bertz CT molecular complexity index is 747. The lowest BCUT2D eigenvalue weighted by Crippen LogP contribution is -2.17. The Morgan fingerprint density at radius 2 is 2.10 bits per heavy atom. The Morgan fingerprint density at radius 3 is 2.86 bits per heavy atom. The van der Waals surface area contributed by atoms with Crippen LogP contribution in [-0.2, 0) is 0 Å². The van der Waals surface area contributed by atoms with E-state index < -0.39 is 0 Å². The maximum Gasteiger partial charge on any atom is 0.289 e. The fraction of sp³-hybridized carbons (Fsp3) is 0. The number of amides is 1. The van der Waals surface area contributed by atoms with Crippen molar-refractivity contribution >= 4 is 23.5 Å². The summed E-state index contributed by atoms with van der Waals surface area (Å²) < 4.78 is 0. The van der Waals surface area contributed by atoms with E-state index in [1.165, 1.54) is 0 Å². The van der Waals surface area contributed by atoms with Gasteiger partial charge < -0.3 is 0 Å². The first-order valence-corrected chi connectivity index (χ1v) is 7.18. The fourth-order valence-electron chi connectivity index (χ4n) is 1.77. The van der Waals surface area contributed by atoms with Crippen LogP contribution in [0, 0.1) is 0 Å². The van der Waals surface area contributed by atoms with E-state index in [-0.39, 0.29) is 5.91 Å². The Hall–Kier alpha value is -2.73. The molecule has 0 aliphatic rings. The van der Waals surface area contributed by atoms with Crippen LogP contribution in [0.1, 0.15) is 15.4 Å². The first-order chi connectivity index (χ1) is 10.3. The molecule has 21 heavy (non-hydrogen) atoms. The van der Waals surface area contributed by atoms with Gasteiger partial charge in [-0.1, -0.05) is 36.4 Å². The summed E-state index contributed by atoms with van der Waals surface area (Å²) >= 11 is 1.55. The lowest BCUT2D eigenvalue weighted by molar-refractivity contribution is 0.0950. The molecule has 3 rings (SSSR count). The van der Waals surface area contributed by atoms with Crippen molar-refractivity contribution in [2.45, 2.75) is 0 Å². The van der Waals surface area contributed by atoms with Gasteiger partial charge in [-0.05, 0) is 17.5 Å². The molecule has 6 heteroatoms. The second-order valence-corrected chi connectivity index (χ2v) is 5.23. The SMILES string of the molecule is O=C(N/N=C\c1cccs1)c1cc(-c2ccccc2)n[nH]1. The van der Waals surface area contributed by atoms with E-state index in [0.29, 0.717) is 5.69 Å². The summed E-state index contributed by atoms with van der Waals surface area (Å²) in [6, 6.07) is 15.2. The summed E-state index contributed by atoms with van der Waals surface area (Å²) in [5, 5.41) is 12.7. The smallest absolute Gasteiger partial charge is 0.272 e. The molecule has 0 aliphatic carbocycles. The van der Waals surface area contributed by atoms with Gasteiger partial charge in [0.1, 0.15) is 5.69 Å². The van der Waals surface area contributed by atoms with Gasteiger partial charge in [-0.2, -0.15) is 10.2 Å². The molecule has 2 aromatic heterocycles. The van der Waals surface area contributed by atoms with Gasteiger partial charge in [0.15, 0.2) is 0 Å². The topological polar surface area (TPSA) is 70.1 Å². The van der Waals surface area contributed by atoms with Gasteiger partial charge in [0.05, 0.1) is 11.9 Å². The monoisotopic (exact) mass is 296 g/mol. The van der Waals surface area contributed by atoms with Crippen molar-refractivity contribution < 1.29 is 4.79 Å². The summed E-state index contributed by atoms with van der Waals surface area (Å²) in [7, 11) is 0. The molecule has 5 nitrogen and oxygen atoms in total. The minimum Gasteiger partial charge on any atom is -0.272 e. The van der Waals surface area contributed by atoms with Crippen LogP contribution in [-0.4, -0.2) is 22.3 Å². The van der Waals surface area contributed by atoms with Gasteiger partial charge in [-0.3, -0.25) is 9.89 Å². The van der Waals surface area contributed by atoms with Crippen LogP contribution in [0.5, 0.6) is 0 Å². The third-order valence-electron chi connectivity index (χ3n) is 2.79. The molecule has 2 N–H and O–H groups in total. The van der Waals surface area contributed by atoms with Crippen LogP contribution in [0.25, 0.3) is 11.3 Å². The van der Waals surface area contributed by atoms with Gasteiger partial charge >= 0.3 is 0 Å². The molecule has 1 amide bonds. The van der Waals surface area contributed by atoms with E-state index in [0.717, 1.165) is 16.1 Å². The molecule has 0 saturated heterocycles. The van der Waals surface area contributed by atoms with E-state index in [1.54, 1.807) is 23.6 Å². The molecule has 0 radical (unpaired) electrons. The molecule has 3 aromatic rings. The Morgan fingerprint density at radius 1 is 1.24 bits per heavy atom. The zero-order chi connectivity index (χ0) is 14.5. The predicted molar refractivity (Wildman–Crippen MR) is 83.4 cm³/mol. The van der Waals surface area contributed by atoms with Crippen molar-refractivity contribution in [3.8, 4) is 11.3 Å². The molecule has 0 fully saturated rings. The summed E-state index contributed by atoms with van der Waals surface area (Å²) in [5.74, 6) is -0.322. The molecule has 0 bridgehead atoms. The predicted octanol–water partition coefficient (Wildman–Crippen LogP) is 2.90. The van der Waals surface area contributed by atoms with Crippen LogP contribution in [0.4, 0.5) is 0 Å². The van der Waals surface area contributed by atoms with E-state index in [2.05, 4.69) is 20.7 Å². The van der Waals surface area contributed by atoms with E-state index in [4.69, 9.17) is 0 Å². The number of rotatable bonds is 4. The minimum atomic E-state index is -0.322. The van der Waals surface area contributed by atoms with Crippen LogP contribution >= 0.6 is 11.3 Å². The summed E-state index contributed by atoms with van der Waals surface area (Å²) in [6.45, 7) is 0. The molecule has 104 valence electrons. The van der Waals surface area contributed by atoms with Crippen molar-refractivity contribution in [1.82, 2.24) is 15.6 Å². The van der Waals surface area contributed by atoms with Crippen LogP contribution < -0.4 is 5.43 Å². The Balaban J connectivity index is 1.67. The molecular formula is C15H12N4OS. The standard InChI is InChI=1S/C15H12N4OS/c20-15(19-16-10-12-7-4-8-21-12)14-9-13(17-18-14)11-5-2-1-3-6-11/h1-10H,(H,17,18)(H,19,20)/b16-10-. The maximum atomic E-state index is 11.9. The number of aromatic nitrogens is 2. The number of nitrogens with zero attached hydrogens (tertiary/aromatic N) is 2. The van der Waals surface area contributed by atoms with Crippen LogP contribution in [0.3, 0.4) is 0 Å². The second-order valence-electron chi connectivity index (χ2n) is 4.25. The highest BCUT2D eigenvalue weighted by atomic mass is 32.1. The van der Waals surface area contributed by atoms with Crippen molar-refractivity contribution in [2.75, 3.05) is 0 Å². The molecule has 0 spiro atoms. The summed E-state index contributed by atoms with van der Waals surface area (Å²) in [5.41, 5.74) is 4.52. The van der Waals surface area contributed by atoms with Gasteiger partial charge in [0.25, 0.3) is 5.91 Å². The normalized spacial score (nSPS) is 10.9. The quantitative estimate of drug-likeness (QED) is 0.574. The Labute approximate surface area is 125 Å². The number of H-pyrrole nitrogens is 1. The van der Waals surface area contributed by atoms with Crippen molar-refractivity contribution in [3.63, 3.8) is 0 Å². The molecule has 1 aromatic carbocycles. The number of hydrogen-bond acceptors (Lipinski definition) is 4. The number of nitrogens with one attached hydrogen (secondary N) is 2. The largest absolute Gasteiger partial charge is 0.289 e. The second kappa shape index (κ2) is 6.15. The van der Waals surface area contributed by atoms with Crippen LogP contribution in [0.2, 0.25) is 0 Å². The van der Waals surface area contributed by atoms with Crippen molar-refractivity contribution in [1.29, 1.82) is 0 Å². The van der Waals surface area contributed by atoms with Crippen molar-refractivity contribution in [2.24, 2.45) is 5.10 Å². The number of aromatic amines is 1. The maximum absolute atomic E-state index is 11.9. The third-order valence-corrected chi connectivity index (χ3v) is 3.60. The average molecular weight is 296 g/mol. The number of carbonyl (C=O) groups is 1. The lowest BCUT2D eigenvalue weighted by atomic mass is 10.1. The Kier molecular flexibility index (Phi) is 3.88. The highest BCUT2D eigenvalue weighted by Gasteiger charge is 2.09. The number of hydrogen-bond donors (Lipinski definition) is 2. The fourth-order valence-corrected chi connectivity index (χ4v) is 2.36. The van der Waals surface area contributed by atoms with Gasteiger partial charge in [-0.25, -0.2) is 5.43 Å². The number of hydrazone groups is 1. The zero-order valence-electron chi connectivity index (χ0n) is 11.0. The van der Waals surface area contributed by atoms with E-state index in [9.17, 15) is 4.79 Å².